The molecule has 4 nitrogen and oxygen atoms in total. The Hall–Kier alpha value is -1.71. The van der Waals surface area contributed by atoms with Crippen LogP contribution in [0, 0.1) is 0 Å². The molecule has 0 aromatic heterocycles. The summed E-state index contributed by atoms with van der Waals surface area (Å²) in [5, 5.41) is 28.8. The number of phenolic OH excluding ortho intramolecular Hbond substituents is 1. The minimum atomic E-state index is -1.18. The third kappa shape index (κ3) is 3.89. The normalized spacial score (nSPS) is 10.7. The lowest BCUT2D eigenvalue weighted by Gasteiger charge is -2.15. The fourth-order valence-electron chi connectivity index (χ4n) is 2.41. The van der Waals surface area contributed by atoms with Gasteiger partial charge >= 0.3 is 5.97 Å². The zero-order valence-corrected chi connectivity index (χ0v) is 12.3. The first kappa shape index (κ1) is 16.3. The number of phenols is 2. The molecule has 0 radical (unpaired) electrons. The Morgan fingerprint density at radius 1 is 1.05 bits per heavy atom. The molecular formula is C16H24O4. The Morgan fingerprint density at radius 2 is 1.70 bits per heavy atom. The number of aryl methyl sites for hydroxylation is 1. The van der Waals surface area contributed by atoms with Gasteiger partial charge in [0.25, 0.3) is 0 Å². The second-order valence-corrected chi connectivity index (χ2v) is 5.12. The van der Waals surface area contributed by atoms with E-state index >= 15 is 0 Å². The highest BCUT2D eigenvalue weighted by Gasteiger charge is 2.22. The lowest BCUT2D eigenvalue weighted by Crippen LogP contribution is -2.07. The summed E-state index contributed by atoms with van der Waals surface area (Å²) in [6.07, 6.45) is 6.28. The summed E-state index contributed by atoms with van der Waals surface area (Å²) in [5.41, 5.74) is 1.38. The second-order valence-electron chi connectivity index (χ2n) is 5.12. The molecule has 0 aliphatic heterocycles. The predicted molar refractivity (Wildman–Crippen MR) is 78.6 cm³/mol. The van der Waals surface area contributed by atoms with E-state index in [1.807, 2.05) is 6.92 Å². The van der Waals surface area contributed by atoms with Gasteiger partial charge in [-0.3, -0.25) is 0 Å². The molecule has 4 heteroatoms. The summed E-state index contributed by atoms with van der Waals surface area (Å²) in [5.74, 6) is -2.03. The van der Waals surface area contributed by atoms with Gasteiger partial charge in [0.1, 0.15) is 5.56 Å². The lowest BCUT2D eigenvalue weighted by molar-refractivity contribution is 0.0691. The van der Waals surface area contributed by atoms with E-state index in [9.17, 15) is 20.1 Å². The van der Waals surface area contributed by atoms with Gasteiger partial charge in [-0.05, 0) is 42.9 Å². The van der Waals surface area contributed by atoms with Crippen LogP contribution in [0.4, 0.5) is 0 Å². The highest BCUT2D eigenvalue weighted by atomic mass is 16.4. The van der Waals surface area contributed by atoms with Crippen LogP contribution in [-0.4, -0.2) is 21.3 Å². The number of hydrogen-bond donors (Lipinski definition) is 3. The Morgan fingerprint density at radius 3 is 2.25 bits per heavy atom. The van der Waals surface area contributed by atoms with Crippen LogP contribution in [0.1, 0.15) is 67.4 Å². The maximum Gasteiger partial charge on any atom is 0.339 e. The summed E-state index contributed by atoms with van der Waals surface area (Å²) in [6, 6.07) is 1.52. The topological polar surface area (TPSA) is 77.8 Å². The third-order valence-corrected chi connectivity index (χ3v) is 3.52. The number of unbranched alkanes of at least 4 members (excludes halogenated alkanes) is 3. The molecule has 0 fully saturated rings. The number of benzene rings is 1. The maximum atomic E-state index is 11.4. The van der Waals surface area contributed by atoms with E-state index in [2.05, 4.69) is 6.92 Å². The maximum absolute atomic E-state index is 11.4. The SMILES string of the molecule is CCCCCc1cc(O)c(O)c(C(=O)O)c1CCCC. The van der Waals surface area contributed by atoms with Crippen molar-refractivity contribution in [3.63, 3.8) is 0 Å². The molecule has 0 saturated carbocycles. The standard InChI is InChI=1S/C16H24O4/c1-3-5-7-8-11-10-13(17)15(18)14(16(19)20)12(11)9-6-4-2/h10,17-18H,3-9H2,1-2H3,(H,19,20). The van der Waals surface area contributed by atoms with E-state index in [1.165, 1.54) is 6.07 Å². The number of aromatic carboxylic acids is 1. The van der Waals surface area contributed by atoms with Crippen molar-refractivity contribution < 1.29 is 20.1 Å². The van der Waals surface area contributed by atoms with Gasteiger partial charge < -0.3 is 15.3 Å². The average molecular weight is 280 g/mol. The van der Waals surface area contributed by atoms with Gasteiger partial charge in [-0.15, -0.1) is 0 Å². The molecule has 0 bridgehead atoms. The quantitative estimate of drug-likeness (QED) is 0.499. The zero-order chi connectivity index (χ0) is 15.1. The van der Waals surface area contributed by atoms with E-state index in [0.717, 1.165) is 44.1 Å². The number of carbonyl (C=O) groups is 1. The monoisotopic (exact) mass is 280 g/mol. The summed E-state index contributed by atoms with van der Waals surface area (Å²) >= 11 is 0. The number of carboxylic acids is 1. The summed E-state index contributed by atoms with van der Waals surface area (Å²) < 4.78 is 0. The molecule has 1 aromatic rings. The zero-order valence-electron chi connectivity index (χ0n) is 12.3. The molecule has 0 aliphatic carbocycles. The molecular weight excluding hydrogens is 256 g/mol. The van der Waals surface area contributed by atoms with Crippen LogP contribution in [-0.2, 0) is 12.8 Å². The van der Waals surface area contributed by atoms with Crippen molar-refractivity contribution in [3.05, 3.63) is 22.8 Å². The minimum absolute atomic E-state index is 0.134. The highest BCUT2D eigenvalue weighted by molar-refractivity contribution is 5.94. The second kappa shape index (κ2) is 7.78. The number of rotatable bonds is 8. The van der Waals surface area contributed by atoms with E-state index in [-0.39, 0.29) is 11.3 Å². The van der Waals surface area contributed by atoms with Gasteiger partial charge in [-0.2, -0.15) is 0 Å². The molecule has 0 unspecified atom stereocenters. The van der Waals surface area contributed by atoms with Crippen LogP contribution in [0.15, 0.2) is 6.07 Å². The van der Waals surface area contributed by atoms with Gasteiger partial charge in [0, 0.05) is 0 Å². The Labute approximate surface area is 120 Å². The van der Waals surface area contributed by atoms with E-state index in [0.29, 0.717) is 12.0 Å². The van der Waals surface area contributed by atoms with E-state index in [1.54, 1.807) is 0 Å². The molecule has 0 atom stereocenters. The van der Waals surface area contributed by atoms with Crippen LogP contribution in [0.3, 0.4) is 0 Å². The predicted octanol–water partition coefficient (Wildman–Crippen LogP) is 3.87. The van der Waals surface area contributed by atoms with Crippen molar-refractivity contribution in [2.24, 2.45) is 0 Å². The molecule has 0 saturated heterocycles. The first-order valence-electron chi connectivity index (χ1n) is 7.32. The van der Waals surface area contributed by atoms with Crippen molar-refractivity contribution in [1.29, 1.82) is 0 Å². The minimum Gasteiger partial charge on any atom is -0.504 e. The number of hydrogen-bond acceptors (Lipinski definition) is 3. The highest BCUT2D eigenvalue weighted by Crippen LogP contribution is 2.35. The lowest BCUT2D eigenvalue weighted by atomic mass is 9.92. The van der Waals surface area contributed by atoms with Crippen LogP contribution in [0.5, 0.6) is 11.5 Å². The van der Waals surface area contributed by atoms with E-state index in [4.69, 9.17) is 0 Å². The van der Waals surface area contributed by atoms with Gasteiger partial charge in [0.15, 0.2) is 11.5 Å². The Balaban J connectivity index is 3.21. The molecule has 20 heavy (non-hydrogen) atoms. The van der Waals surface area contributed by atoms with Crippen LogP contribution >= 0.6 is 0 Å². The first-order chi connectivity index (χ1) is 9.52. The van der Waals surface area contributed by atoms with Gasteiger partial charge in [-0.1, -0.05) is 33.1 Å². The fourth-order valence-corrected chi connectivity index (χ4v) is 2.41. The average Bonchev–Trinajstić information content (AvgIpc) is 2.40. The van der Waals surface area contributed by atoms with Crippen molar-refractivity contribution >= 4 is 5.97 Å². The molecule has 1 aromatic carbocycles. The number of carboxylic acid groups (broad SMARTS) is 1. The van der Waals surface area contributed by atoms with Gasteiger partial charge in [-0.25, -0.2) is 4.79 Å². The fraction of sp³-hybridized carbons (Fsp3) is 0.562. The summed E-state index contributed by atoms with van der Waals surface area (Å²) in [7, 11) is 0. The third-order valence-electron chi connectivity index (χ3n) is 3.52. The molecule has 3 N–H and O–H groups in total. The molecule has 0 spiro atoms. The molecule has 0 amide bonds. The van der Waals surface area contributed by atoms with Crippen LogP contribution in [0.2, 0.25) is 0 Å². The Kier molecular flexibility index (Phi) is 6.36. The Bertz CT molecular complexity index is 466. The summed E-state index contributed by atoms with van der Waals surface area (Å²) in [4.78, 5) is 11.4. The van der Waals surface area contributed by atoms with Crippen molar-refractivity contribution in [2.45, 2.75) is 58.8 Å². The molecule has 0 aliphatic rings. The largest absolute Gasteiger partial charge is 0.504 e. The number of aromatic hydroxyl groups is 2. The molecule has 0 heterocycles. The van der Waals surface area contributed by atoms with Crippen molar-refractivity contribution in [1.82, 2.24) is 0 Å². The molecule has 112 valence electrons. The van der Waals surface area contributed by atoms with Crippen LogP contribution < -0.4 is 0 Å². The molecule has 1 rings (SSSR count). The van der Waals surface area contributed by atoms with Gasteiger partial charge in [0.05, 0.1) is 0 Å². The first-order valence-corrected chi connectivity index (χ1v) is 7.32. The smallest absolute Gasteiger partial charge is 0.339 e. The van der Waals surface area contributed by atoms with Crippen molar-refractivity contribution in [3.8, 4) is 11.5 Å². The van der Waals surface area contributed by atoms with Crippen LogP contribution in [0.25, 0.3) is 0 Å². The van der Waals surface area contributed by atoms with E-state index < -0.39 is 11.7 Å². The summed E-state index contributed by atoms with van der Waals surface area (Å²) in [6.45, 7) is 4.15. The van der Waals surface area contributed by atoms with Gasteiger partial charge in [0.2, 0.25) is 0 Å². The van der Waals surface area contributed by atoms with Crippen molar-refractivity contribution in [2.75, 3.05) is 0 Å².